The van der Waals surface area contributed by atoms with Crippen LogP contribution in [0.1, 0.15) is 92.8 Å². The lowest BCUT2D eigenvalue weighted by molar-refractivity contribution is -0.156. The minimum Gasteiger partial charge on any atom is -0.460 e. The lowest BCUT2D eigenvalue weighted by Gasteiger charge is -2.38. The van der Waals surface area contributed by atoms with Crippen molar-refractivity contribution >= 4 is 46.1 Å². The molecule has 1 N–H and O–H groups in total. The molecule has 0 radical (unpaired) electrons. The van der Waals surface area contributed by atoms with E-state index in [1.165, 1.54) is 0 Å². The Hall–Kier alpha value is -1.86. The smallest absolute Gasteiger partial charge is 0.306 e. The van der Waals surface area contributed by atoms with E-state index in [9.17, 15) is 19.2 Å². The molecule has 0 aromatic carbocycles. The number of rotatable bonds is 6. The third kappa shape index (κ3) is 5.37. The number of carbonyl (C=O) groups is 4. The maximum absolute atomic E-state index is 13.0. The molecule has 1 fully saturated rings. The number of fused-ring (bicyclic) bond motifs is 1. The average molecular weight is 485 g/mol. The second-order valence-corrected chi connectivity index (χ2v) is 10.8. The van der Waals surface area contributed by atoms with Gasteiger partial charge in [0, 0.05) is 24.2 Å². The quantitative estimate of drug-likeness (QED) is 0.278. The van der Waals surface area contributed by atoms with E-state index in [1.807, 2.05) is 27.7 Å². The Kier molecular flexibility index (Phi) is 7.11. The molecule has 176 valence electrons. The number of ketones is 1. The van der Waals surface area contributed by atoms with Crippen molar-refractivity contribution in [3.63, 3.8) is 0 Å². The van der Waals surface area contributed by atoms with Crippen LogP contribution < -0.4 is 5.32 Å². The zero-order valence-corrected chi connectivity index (χ0v) is 20.5. The topological polar surface area (TPSA) is 94.5 Å². The number of ether oxygens (including phenoxy) is 1. The zero-order chi connectivity index (χ0) is 23.8. The summed E-state index contributed by atoms with van der Waals surface area (Å²) in [5, 5.41) is 2.09. The number of halogens is 2. The molecule has 32 heavy (non-hydrogen) atoms. The van der Waals surface area contributed by atoms with Crippen LogP contribution in [0.2, 0.25) is 5.02 Å². The maximum Gasteiger partial charge on any atom is 0.306 e. The maximum atomic E-state index is 13.0. The number of Topliss-reactive ketones (excluding diaryl/α,β-unsaturated/α-hetero) is 1. The summed E-state index contributed by atoms with van der Waals surface area (Å²) in [4.78, 5) is 49.7. The van der Waals surface area contributed by atoms with Gasteiger partial charge in [-0.2, -0.15) is 0 Å². The zero-order valence-electron chi connectivity index (χ0n) is 19.0. The number of nitrogens with zero attached hydrogens (tertiary/aromatic N) is 1. The van der Waals surface area contributed by atoms with E-state index >= 15 is 0 Å². The first kappa shape index (κ1) is 24.8. The van der Waals surface area contributed by atoms with Crippen LogP contribution in [0.15, 0.2) is 0 Å². The lowest BCUT2D eigenvalue weighted by Crippen LogP contribution is -2.51. The molecule has 1 saturated carbocycles. The molecular weight excluding hydrogens is 455 g/mol. The van der Waals surface area contributed by atoms with Crippen molar-refractivity contribution in [3.05, 3.63) is 22.0 Å². The van der Waals surface area contributed by atoms with E-state index in [1.54, 1.807) is 4.57 Å². The van der Waals surface area contributed by atoms with Gasteiger partial charge in [-0.15, -0.1) is 0 Å². The highest BCUT2D eigenvalue weighted by atomic mass is 35.5. The molecule has 1 aromatic heterocycles. The predicted octanol–water partition coefficient (Wildman–Crippen LogP) is 4.45. The summed E-state index contributed by atoms with van der Waals surface area (Å²) in [6, 6.07) is 0. The van der Waals surface area contributed by atoms with Gasteiger partial charge >= 0.3 is 5.97 Å². The Balaban J connectivity index is 1.64. The first-order chi connectivity index (χ1) is 14.8. The van der Waals surface area contributed by atoms with Crippen molar-refractivity contribution in [3.8, 4) is 0 Å². The fraction of sp³-hybridized carbons (Fsp3) is 0.652. The summed E-state index contributed by atoms with van der Waals surface area (Å²) >= 11 is 12.0. The van der Waals surface area contributed by atoms with Crippen LogP contribution in [-0.2, 0) is 27.3 Å². The molecule has 1 amide bonds. The fourth-order valence-corrected chi connectivity index (χ4v) is 5.30. The van der Waals surface area contributed by atoms with Gasteiger partial charge in [-0.05, 0) is 83.7 Å². The van der Waals surface area contributed by atoms with Crippen LogP contribution >= 0.6 is 23.2 Å². The highest BCUT2D eigenvalue weighted by Gasteiger charge is 2.38. The summed E-state index contributed by atoms with van der Waals surface area (Å²) < 4.78 is 7.04. The minimum absolute atomic E-state index is 0.0304. The highest BCUT2D eigenvalue weighted by molar-refractivity contribution is 6.69. The second-order valence-electron chi connectivity index (χ2n) is 10.1. The SMILES string of the molecule is CC1(NC(=O)C(=O)c2c(Cl)c(C(=O)Cl)c3n2CCC3)CCC(CC(=O)OC(C)(C)C)CC1. The summed E-state index contributed by atoms with van der Waals surface area (Å²) in [5.41, 5.74) is -0.309. The molecule has 2 heterocycles. The van der Waals surface area contributed by atoms with E-state index in [4.69, 9.17) is 27.9 Å². The van der Waals surface area contributed by atoms with Crippen molar-refractivity contribution in [1.82, 2.24) is 9.88 Å². The number of esters is 1. The van der Waals surface area contributed by atoms with Gasteiger partial charge in [0.1, 0.15) is 11.3 Å². The van der Waals surface area contributed by atoms with Gasteiger partial charge in [0.25, 0.3) is 16.9 Å². The largest absolute Gasteiger partial charge is 0.460 e. The van der Waals surface area contributed by atoms with Gasteiger partial charge in [0.05, 0.1) is 10.6 Å². The third-order valence-corrected chi connectivity index (χ3v) is 6.78. The van der Waals surface area contributed by atoms with Crippen molar-refractivity contribution in [2.24, 2.45) is 5.92 Å². The summed E-state index contributed by atoms with van der Waals surface area (Å²) in [6.45, 7) is 7.94. The molecule has 7 nitrogen and oxygen atoms in total. The van der Waals surface area contributed by atoms with Crippen molar-refractivity contribution < 1.29 is 23.9 Å². The van der Waals surface area contributed by atoms with E-state index in [2.05, 4.69) is 5.32 Å². The Morgan fingerprint density at radius 1 is 1.19 bits per heavy atom. The van der Waals surface area contributed by atoms with Gasteiger partial charge in [0.2, 0.25) is 0 Å². The summed E-state index contributed by atoms with van der Waals surface area (Å²) in [7, 11) is 0. The van der Waals surface area contributed by atoms with Crippen molar-refractivity contribution in [1.29, 1.82) is 0 Å². The minimum atomic E-state index is -0.764. The van der Waals surface area contributed by atoms with Crippen LogP contribution in [0.4, 0.5) is 0 Å². The summed E-state index contributed by atoms with van der Waals surface area (Å²) in [6.07, 6.45) is 4.46. The molecule has 0 atom stereocenters. The number of hydrogen-bond donors (Lipinski definition) is 1. The highest BCUT2D eigenvalue weighted by Crippen LogP contribution is 2.36. The van der Waals surface area contributed by atoms with Gasteiger partial charge in [0.15, 0.2) is 0 Å². The van der Waals surface area contributed by atoms with Crippen LogP contribution in [0.3, 0.4) is 0 Å². The van der Waals surface area contributed by atoms with E-state index in [-0.39, 0.29) is 28.2 Å². The number of amides is 1. The molecule has 2 aliphatic rings. The predicted molar refractivity (Wildman–Crippen MR) is 121 cm³/mol. The van der Waals surface area contributed by atoms with Gasteiger partial charge in [-0.1, -0.05) is 11.6 Å². The molecular formula is C23H30Cl2N2O5. The Bertz CT molecular complexity index is 953. The van der Waals surface area contributed by atoms with Gasteiger partial charge < -0.3 is 14.6 Å². The number of aromatic nitrogens is 1. The third-order valence-electron chi connectivity index (χ3n) is 6.22. The Morgan fingerprint density at radius 3 is 2.38 bits per heavy atom. The molecule has 1 aliphatic heterocycles. The molecule has 1 aliphatic carbocycles. The Labute approximate surface area is 198 Å². The number of nitrogens with one attached hydrogen (secondary N) is 1. The second kappa shape index (κ2) is 9.18. The summed E-state index contributed by atoms with van der Waals surface area (Å²) in [5.74, 6) is -1.54. The van der Waals surface area contributed by atoms with E-state index < -0.39 is 28.1 Å². The van der Waals surface area contributed by atoms with Crippen LogP contribution in [0.25, 0.3) is 0 Å². The standard InChI is InChI=1S/C23H30Cl2N2O5/c1-22(2,3)32-15(28)12-13-7-9-23(4,10-8-13)26-21(31)19(29)18-17(24)16(20(25)30)14-6-5-11-27(14)18/h13H,5-12H2,1-4H3,(H,26,31). The van der Waals surface area contributed by atoms with Crippen LogP contribution in [-0.4, -0.2) is 38.6 Å². The van der Waals surface area contributed by atoms with Gasteiger partial charge in [-0.25, -0.2) is 0 Å². The van der Waals surface area contributed by atoms with E-state index in [0.717, 1.165) is 19.3 Å². The molecule has 9 heteroatoms. The first-order valence-electron chi connectivity index (χ1n) is 11.0. The molecule has 3 rings (SSSR count). The molecule has 0 unspecified atom stereocenters. The first-order valence-corrected chi connectivity index (χ1v) is 11.8. The lowest BCUT2D eigenvalue weighted by atomic mass is 9.76. The van der Waals surface area contributed by atoms with Gasteiger partial charge in [-0.3, -0.25) is 19.2 Å². The number of carbonyl (C=O) groups excluding carboxylic acids is 4. The van der Waals surface area contributed by atoms with Crippen molar-refractivity contribution in [2.75, 3.05) is 0 Å². The molecule has 0 spiro atoms. The molecule has 0 bridgehead atoms. The Morgan fingerprint density at radius 2 is 1.81 bits per heavy atom. The normalized spacial score (nSPS) is 22.9. The molecule has 0 saturated heterocycles. The van der Waals surface area contributed by atoms with Crippen molar-refractivity contribution in [2.45, 2.75) is 90.3 Å². The fourth-order valence-electron chi connectivity index (χ4n) is 4.67. The van der Waals surface area contributed by atoms with E-state index in [0.29, 0.717) is 37.9 Å². The number of hydrogen-bond acceptors (Lipinski definition) is 5. The monoisotopic (exact) mass is 484 g/mol. The average Bonchev–Trinajstić information content (AvgIpc) is 3.20. The molecule has 1 aromatic rings. The van der Waals surface area contributed by atoms with Crippen LogP contribution in [0.5, 0.6) is 0 Å². The van der Waals surface area contributed by atoms with Crippen LogP contribution in [0, 0.1) is 5.92 Å².